The summed E-state index contributed by atoms with van der Waals surface area (Å²) >= 11 is 0. The minimum atomic E-state index is -4.22. The fourth-order valence-corrected chi connectivity index (χ4v) is 1.44. The number of hydrogen-bond donors (Lipinski definition) is 1. The van der Waals surface area contributed by atoms with Gasteiger partial charge in [0.25, 0.3) is 0 Å². The van der Waals surface area contributed by atoms with E-state index in [0.717, 1.165) is 0 Å². The van der Waals surface area contributed by atoms with Gasteiger partial charge in [-0.15, -0.1) is 5.10 Å². The zero-order valence-corrected chi connectivity index (χ0v) is 10.9. The van der Waals surface area contributed by atoms with E-state index in [4.69, 9.17) is 0 Å². The lowest BCUT2D eigenvalue weighted by atomic mass is 10.1. The molecule has 0 aliphatic carbocycles. The molecule has 0 aliphatic rings. The van der Waals surface area contributed by atoms with Crippen LogP contribution in [0.25, 0.3) is 0 Å². The zero-order valence-electron chi connectivity index (χ0n) is 10.9. The van der Waals surface area contributed by atoms with Gasteiger partial charge in [0.05, 0.1) is 19.0 Å². The van der Waals surface area contributed by atoms with Gasteiger partial charge in [-0.05, 0) is 38.1 Å². The summed E-state index contributed by atoms with van der Waals surface area (Å²) in [4.78, 5) is 0. The second-order valence-corrected chi connectivity index (χ2v) is 5.31. The van der Waals surface area contributed by atoms with Crippen molar-refractivity contribution in [3.05, 3.63) is 5.82 Å². The van der Waals surface area contributed by atoms with E-state index < -0.39 is 18.6 Å². The van der Waals surface area contributed by atoms with E-state index in [0.29, 0.717) is 12.4 Å². The highest BCUT2D eigenvalue weighted by Gasteiger charge is 2.32. The van der Waals surface area contributed by atoms with Crippen LogP contribution in [-0.2, 0) is 6.54 Å². The van der Waals surface area contributed by atoms with Gasteiger partial charge in [-0.3, -0.25) is 0 Å². The van der Waals surface area contributed by atoms with Crippen molar-refractivity contribution in [1.82, 2.24) is 25.5 Å². The first-order valence-electron chi connectivity index (χ1n) is 5.67. The number of hydrogen-bond acceptors (Lipinski definition) is 4. The molecule has 1 aromatic rings. The van der Waals surface area contributed by atoms with Crippen LogP contribution in [0.5, 0.6) is 0 Å². The van der Waals surface area contributed by atoms with Gasteiger partial charge >= 0.3 is 6.18 Å². The molecular formula is C10H18F3N5. The molecule has 0 aliphatic heterocycles. The molecule has 1 unspecified atom stereocenters. The molecule has 0 fully saturated rings. The van der Waals surface area contributed by atoms with Crippen LogP contribution in [0, 0.1) is 0 Å². The van der Waals surface area contributed by atoms with Gasteiger partial charge in [0.15, 0.2) is 5.82 Å². The summed E-state index contributed by atoms with van der Waals surface area (Å²) in [6.45, 7) is 7.66. The molecule has 0 spiro atoms. The highest BCUT2D eigenvalue weighted by Crippen LogP contribution is 2.27. The number of nitrogens with one attached hydrogen (secondary N) is 1. The van der Waals surface area contributed by atoms with E-state index in [2.05, 4.69) is 20.8 Å². The largest absolute Gasteiger partial charge is 0.391 e. The number of rotatable bonds is 4. The SMILES string of the molecule is CC(CC(F)(F)F)n1nnnc1CNC(C)(C)C. The summed E-state index contributed by atoms with van der Waals surface area (Å²) < 4.78 is 38.1. The third-order valence-electron chi connectivity index (χ3n) is 2.28. The summed E-state index contributed by atoms with van der Waals surface area (Å²) in [6.07, 6.45) is -5.17. The van der Waals surface area contributed by atoms with E-state index in [1.54, 1.807) is 0 Å². The van der Waals surface area contributed by atoms with E-state index in [-0.39, 0.29) is 5.54 Å². The molecule has 0 bridgehead atoms. The molecule has 0 saturated carbocycles. The maximum atomic E-state index is 12.3. The van der Waals surface area contributed by atoms with Crippen LogP contribution in [0.4, 0.5) is 13.2 Å². The van der Waals surface area contributed by atoms with Crippen LogP contribution < -0.4 is 5.32 Å². The number of aromatic nitrogens is 4. The lowest BCUT2D eigenvalue weighted by Gasteiger charge is -2.21. The van der Waals surface area contributed by atoms with Crippen molar-refractivity contribution in [2.45, 2.75) is 58.4 Å². The summed E-state index contributed by atoms with van der Waals surface area (Å²) in [7, 11) is 0. The zero-order chi connectivity index (χ0) is 14.0. The normalized spacial score (nSPS) is 14.8. The molecule has 8 heteroatoms. The maximum absolute atomic E-state index is 12.3. The minimum Gasteiger partial charge on any atom is -0.305 e. The molecular weight excluding hydrogens is 247 g/mol. The van der Waals surface area contributed by atoms with Crippen molar-refractivity contribution >= 4 is 0 Å². The molecule has 1 N–H and O–H groups in total. The smallest absolute Gasteiger partial charge is 0.305 e. The fraction of sp³-hybridized carbons (Fsp3) is 0.900. The van der Waals surface area contributed by atoms with Crippen molar-refractivity contribution < 1.29 is 13.2 Å². The average Bonchev–Trinajstić information content (AvgIpc) is 2.58. The van der Waals surface area contributed by atoms with Gasteiger partial charge in [0.1, 0.15) is 0 Å². The van der Waals surface area contributed by atoms with Gasteiger partial charge in [-0.25, -0.2) is 4.68 Å². The van der Waals surface area contributed by atoms with Crippen LogP contribution in [-0.4, -0.2) is 31.9 Å². The molecule has 0 radical (unpaired) electrons. The van der Waals surface area contributed by atoms with Crippen molar-refractivity contribution in [2.24, 2.45) is 0 Å². The van der Waals surface area contributed by atoms with Gasteiger partial charge in [0, 0.05) is 5.54 Å². The van der Waals surface area contributed by atoms with Crippen LogP contribution in [0.3, 0.4) is 0 Å². The second-order valence-electron chi connectivity index (χ2n) is 5.31. The second kappa shape index (κ2) is 5.21. The molecule has 0 amide bonds. The molecule has 18 heavy (non-hydrogen) atoms. The van der Waals surface area contributed by atoms with Gasteiger partial charge in [-0.2, -0.15) is 13.2 Å². The Labute approximate surface area is 104 Å². The van der Waals surface area contributed by atoms with E-state index in [1.165, 1.54) is 11.6 Å². The summed E-state index contributed by atoms with van der Waals surface area (Å²) in [5.41, 5.74) is -0.149. The quantitative estimate of drug-likeness (QED) is 0.905. The fourth-order valence-electron chi connectivity index (χ4n) is 1.44. The number of halogens is 3. The number of tetrazole rings is 1. The minimum absolute atomic E-state index is 0.149. The highest BCUT2D eigenvalue weighted by atomic mass is 19.4. The van der Waals surface area contributed by atoms with Gasteiger partial charge in [0.2, 0.25) is 0 Å². The molecule has 0 saturated heterocycles. The highest BCUT2D eigenvalue weighted by molar-refractivity contribution is 4.86. The van der Waals surface area contributed by atoms with Crippen molar-refractivity contribution in [3.63, 3.8) is 0 Å². The molecule has 1 heterocycles. The molecule has 1 rings (SSSR count). The first-order chi connectivity index (χ1) is 8.08. The van der Waals surface area contributed by atoms with Crippen LogP contribution in [0.1, 0.15) is 46.0 Å². The van der Waals surface area contributed by atoms with Crippen LogP contribution >= 0.6 is 0 Å². The van der Waals surface area contributed by atoms with Crippen molar-refractivity contribution in [3.8, 4) is 0 Å². The number of alkyl halides is 3. The van der Waals surface area contributed by atoms with E-state index >= 15 is 0 Å². The van der Waals surface area contributed by atoms with Gasteiger partial charge in [-0.1, -0.05) is 0 Å². The summed E-state index contributed by atoms with van der Waals surface area (Å²) in [5, 5.41) is 13.9. The maximum Gasteiger partial charge on any atom is 0.391 e. The Morgan fingerprint density at radius 3 is 2.39 bits per heavy atom. The standard InChI is InChI=1S/C10H18F3N5/c1-7(5-10(11,12)13)18-8(15-16-17-18)6-14-9(2,3)4/h7,14H,5-6H2,1-4H3. The first-order valence-corrected chi connectivity index (χ1v) is 5.67. The van der Waals surface area contributed by atoms with E-state index in [1.807, 2.05) is 20.8 Å². The Morgan fingerprint density at radius 1 is 1.28 bits per heavy atom. The molecule has 5 nitrogen and oxygen atoms in total. The van der Waals surface area contributed by atoms with Crippen LogP contribution in [0.2, 0.25) is 0 Å². The average molecular weight is 265 g/mol. The van der Waals surface area contributed by atoms with Crippen molar-refractivity contribution in [2.75, 3.05) is 0 Å². The molecule has 104 valence electrons. The molecule has 1 atom stereocenters. The number of nitrogens with zero attached hydrogens (tertiary/aromatic N) is 4. The third kappa shape index (κ3) is 4.99. The lowest BCUT2D eigenvalue weighted by molar-refractivity contribution is -0.142. The predicted molar refractivity (Wildman–Crippen MR) is 59.8 cm³/mol. The van der Waals surface area contributed by atoms with Crippen molar-refractivity contribution in [1.29, 1.82) is 0 Å². The first kappa shape index (κ1) is 14.9. The Kier molecular flexibility index (Phi) is 4.31. The topological polar surface area (TPSA) is 55.6 Å². The Balaban J connectivity index is 2.70. The van der Waals surface area contributed by atoms with Crippen LogP contribution in [0.15, 0.2) is 0 Å². The molecule has 1 aromatic heterocycles. The molecule has 0 aromatic carbocycles. The Bertz CT molecular complexity index is 380. The Morgan fingerprint density at radius 2 is 1.89 bits per heavy atom. The lowest BCUT2D eigenvalue weighted by Crippen LogP contribution is -2.36. The van der Waals surface area contributed by atoms with Gasteiger partial charge < -0.3 is 5.32 Å². The monoisotopic (exact) mass is 265 g/mol. The van der Waals surface area contributed by atoms with E-state index in [9.17, 15) is 13.2 Å². The Hall–Kier alpha value is -1.18. The summed E-state index contributed by atoms with van der Waals surface area (Å²) in [5.74, 6) is 0.404. The summed E-state index contributed by atoms with van der Waals surface area (Å²) in [6, 6.07) is -0.809. The predicted octanol–water partition coefficient (Wildman–Crippen LogP) is 2.07. The third-order valence-corrected chi connectivity index (χ3v) is 2.28.